The van der Waals surface area contributed by atoms with Crippen LogP contribution in [0.25, 0.3) is 5.70 Å². The lowest BCUT2D eigenvalue weighted by Crippen LogP contribution is -1.99. The SMILES string of the molecule is C=C(N=NC(=NC)c1ccccn1)c1ccccn1. The largest absolute Gasteiger partial charge is 0.267 e. The number of azo groups is 1. The predicted molar refractivity (Wildman–Crippen MR) is 74.8 cm³/mol. The molecule has 0 aliphatic carbocycles. The third-order valence-electron chi connectivity index (χ3n) is 2.33. The van der Waals surface area contributed by atoms with Crippen molar-refractivity contribution in [2.75, 3.05) is 7.05 Å². The van der Waals surface area contributed by atoms with E-state index in [1.54, 1.807) is 19.4 Å². The fourth-order valence-electron chi connectivity index (χ4n) is 1.40. The van der Waals surface area contributed by atoms with Crippen LogP contribution in [0.3, 0.4) is 0 Å². The Bertz CT molecular complexity index is 602. The molecule has 0 N–H and O–H groups in total. The first-order chi connectivity index (χ1) is 9.31. The lowest BCUT2D eigenvalue weighted by atomic mass is 10.3. The fourth-order valence-corrected chi connectivity index (χ4v) is 1.40. The lowest BCUT2D eigenvalue weighted by molar-refractivity contribution is 1.18. The van der Waals surface area contributed by atoms with E-state index in [-0.39, 0.29) is 0 Å². The van der Waals surface area contributed by atoms with Crippen molar-refractivity contribution in [3.05, 3.63) is 66.8 Å². The maximum absolute atomic E-state index is 4.17. The summed E-state index contributed by atoms with van der Waals surface area (Å²) in [5.41, 5.74) is 1.84. The minimum absolute atomic E-state index is 0.456. The first-order valence-corrected chi connectivity index (χ1v) is 5.71. The van der Waals surface area contributed by atoms with Crippen LogP contribution in [0.4, 0.5) is 0 Å². The molecule has 2 rings (SSSR count). The molecule has 0 saturated heterocycles. The molecule has 94 valence electrons. The van der Waals surface area contributed by atoms with E-state index in [9.17, 15) is 0 Å². The van der Waals surface area contributed by atoms with Crippen molar-refractivity contribution in [1.82, 2.24) is 9.97 Å². The van der Waals surface area contributed by atoms with Crippen LogP contribution in [0.1, 0.15) is 11.4 Å². The van der Waals surface area contributed by atoms with E-state index in [4.69, 9.17) is 0 Å². The molecule has 0 amide bonds. The second-order valence-corrected chi connectivity index (χ2v) is 3.62. The average Bonchev–Trinajstić information content (AvgIpc) is 2.49. The highest BCUT2D eigenvalue weighted by molar-refractivity contribution is 5.97. The van der Waals surface area contributed by atoms with Crippen LogP contribution < -0.4 is 0 Å². The molecule has 0 fully saturated rings. The highest BCUT2D eigenvalue weighted by Gasteiger charge is 2.03. The van der Waals surface area contributed by atoms with E-state index in [1.807, 2.05) is 36.4 Å². The predicted octanol–water partition coefficient (Wildman–Crippen LogP) is 2.98. The van der Waals surface area contributed by atoms with Crippen molar-refractivity contribution in [3.63, 3.8) is 0 Å². The van der Waals surface area contributed by atoms with Crippen LogP contribution in [0.5, 0.6) is 0 Å². The number of hydrogen-bond acceptors (Lipinski definition) is 4. The van der Waals surface area contributed by atoms with Crippen LogP contribution in [-0.2, 0) is 0 Å². The molecule has 5 nitrogen and oxygen atoms in total. The van der Waals surface area contributed by atoms with Crippen LogP contribution in [0.2, 0.25) is 0 Å². The monoisotopic (exact) mass is 251 g/mol. The van der Waals surface area contributed by atoms with Crippen LogP contribution in [0, 0.1) is 0 Å². The van der Waals surface area contributed by atoms with Crippen molar-refractivity contribution >= 4 is 11.5 Å². The topological polar surface area (TPSA) is 62.9 Å². The van der Waals surface area contributed by atoms with Gasteiger partial charge in [-0.1, -0.05) is 18.7 Å². The molecule has 0 atom stereocenters. The molecule has 0 aliphatic rings. The van der Waals surface area contributed by atoms with Gasteiger partial charge in [0.2, 0.25) is 0 Å². The molecule has 0 aliphatic heterocycles. The average molecular weight is 251 g/mol. The maximum Gasteiger partial charge on any atom is 0.195 e. The van der Waals surface area contributed by atoms with Gasteiger partial charge in [0.1, 0.15) is 11.4 Å². The van der Waals surface area contributed by atoms with E-state index in [0.29, 0.717) is 22.9 Å². The minimum Gasteiger partial charge on any atom is -0.267 e. The highest BCUT2D eigenvalue weighted by atomic mass is 15.2. The highest BCUT2D eigenvalue weighted by Crippen LogP contribution is 2.11. The van der Waals surface area contributed by atoms with Gasteiger partial charge in [0.15, 0.2) is 5.84 Å². The second-order valence-electron chi connectivity index (χ2n) is 3.62. The van der Waals surface area contributed by atoms with Gasteiger partial charge in [-0.25, -0.2) is 0 Å². The Kier molecular flexibility index (Phi) is 4.23. The summed E-state index contributed by atoms with van der Waals surface area (Å²) < 4.78 is 0. The summed E-state index contributed by atoms with van der Waals surface area (Å²) in [5.74, 6) is 0.456. The van der Waals surface area contributed by atoms with Gasteiger partial charge in [-0.15, -0.1) is 10.2 Å². The molecule has 2 heterocycles. The molecule has 0 radical (unpaired) electrons. The second kappa shape index (κ2) is 6.30. The number of aliphatic imine (C=N–C) groups is 1. The summed E-state index contributed by atoms with van der Waals surface area (Å²) in [6.45, 7) is 3.83. The number of hydrogen-bond donors (Lipinski definition) is 0. The molecule has 0 aromatic carbocycles. The molecule has 0 spiro atoms. The van der Waals surface area contributed by atoms with Crippen LogP contribution in [-0.4, -0.2) is 22.9 Å². The number of aromatic nitrogens is 2. The van der Waals surface area contributed by atoms with Crippen LogP contribution >= 0.6 is 0 Å². The Morgan fingerprint density at radius 1 is 0.947 bits per heavy atom. The summed E-state index contributed by atoms with van der Waals surface area (Å²) in [7, 11) is 1.65. The van der Waals surface area contributed by atoms with E-state index in [0.717, 1.165) is 0 Å². The Morgan fingerprint density at radius 2 is 1.58 bits per heavy atom. The lowest BCUT2D eigenvalue weighted by Gasteiger charge is -1.99. The maximum atomic E-state index is 4.17. The summed E-state index contributed by atoms with van der Waals surface area (Å²) in [6, 6.07) is 11.1. The third kappa shape index (κ3) is 3.38. The van der Waals surface area contributed by atoms with Gasteiger partial charge in [-0.05, 0) is 24.3 Å². The fraction of sp³-hybridized carbons (Fsp3) is 0.0714. The Morgan fingerprint density at radius 3 is 2.11 bits per heavy atom. The summed E-state index contributed by atoms with van der Waals surface area (Å²) in [6.07, 6.45) is 3.37. The van der Waals surface area contributed by atoms with E-state index < -0.39 is 0 Å². The zero-order valence-corrected chi connectivity index (χ0v) is 10.6. The smallest absolute Gasteiger partial charge is 0.195 e. The first kappa shape index (κ1) is 12.8. The molecule has 19 heavy (non-hydrogen) atoms. The summed E-state index contributed by atoms with van der Waals surface area (Å²) >= 11 is 0. The van der Waals surface area contributed by atoms with Crippen LogP contribution in [0.15, 0.2) is 70.6 Å². The summed E-state index contributed by atoms with van der Waals surface area (Å²) in [5, 5.41) is 8.10. The molecule has 2 aromatic heterocycles. The standard InChI is InChI=1S/C14H13N5/c1-11(12-7-3-5-9-16-12)18-19-14(15-2)13-8-4-6-10-17-13/h3-10H,1H2,2H3. The molecule has 0 unspecified atom stereocenters. The minimum atomic E-state index is 0.456. The van der Waals surface area contributed by atoms with Gasteiger partial charge in [0, 0.05) is 19.4 Å². The van der Waals surface area contributed by atoms with Crippen molar-refractivity contribution in [3.8, 4) is 0 Å². The molecule has 2 aromatic rings. The van der Waals surface area contributed by atoms with Crippen molar-refractivity contribution in [2.45, 2.75) is 0 Å². The quantitative estimate of drug-likeness (QED) is 0.478. The molecular formula is C14H13N5. The molecule has 0 saturated carbocycles. The zero-order chi connectivity index (χ0) is 13.5. The van der Waals surface area contributed by atoms with Gasteiger partial charge in [-0.2, -0.15) is 0 Å². The Hall–Kier alpha value is -2.69. The van der Waals surface area contributed by atoms with Gasteiger partial charge in [0.25, 0.3) is 0 Å². The number of rotatable bonds is 3. The van der Waals surface area contributed by atoms with E-state index >= 15 is 0 Å². The normalized spacial score (nSPS) is 11.7. The van der Waals surface area contributed by atoms with E-state index in [2.05, 4.69) is 31.8 Å². The molecule has 0 bridgehead atoms. The van der Waals surface area contributed by atoms with Gasteiger partial charge >= 0.3 is 0 Å². The van der Waals surface area contributed by atoms with Crippen molar-refractivity contribution in [1.29, 1.82) is 0 Å². The van der Waals surface area contributed by atoms with Gasteiger partial charge in [-0.3, -0.25) is 15.0 Å². The molecular weight excluding hydrogens is 238 g/mol. The number of nitrogens with zero attached hydrogens (tertiary/aromatic N) is 5. The number of amidine groups is 1. The first-order valence-electron chi connectivity index (χ1n) is 5.71. The van der Waals surface area contributed by atoms with Gasteiger partial charge in [0.05, 0.1) is 5.69 Å². The zero-order valence-electron chi connectivity index (χ0n) is 10.6. The number of pyridine rings is 2. The Labute approximate surface area is 111 Å². The van der Waals surface area contributed by atoms with Crippen molar-refractivity contribution in [2.24, 2.45) is 15.2 Å². The van der Waals surface area contributed by atoms with Crippen molar-refractivity contribution < 1.29 is 0 Å². The summed E-state index contributed by atoms with van der Waals surface area (Å²) in [4.78, 5) is 12.4. The van der Waals surface area contributed by atoms with E-state index in [1.165, 1.54) is 0 Å². The Balaban J connectivity index is 2.16. The third-order valence-corrected chi connectivity index (χ3v) is 2.33. The molecule has 5 heteroatoms. The van der Waals surface area contributed by atoms with Gasteiger partial charge < -0.3 is 0 Å².